The van der Waals surface area contributed by atoms with Gasteiger partial charge in [-0.2, -0.15) is 0 Å². The Kier molecular flexibility index (Phi) is 3.40. The third-order valence-electron chi connectivity index (χ3n) is 1.63. The van der Waals surface area contributed by atoms with E-state index in [0.717, 1.165) is 12.2 Å². The molecule has 0 saturated heterocycles. The Balaban J connectivity index is 2.64. The van der Waals surface area contributed by atoms with Crippen molar-refractivity contribution in [1.29, 1.82) is 0 Å². The van der Waals surface area contributed by atoms with Crippen molar-refractivity contribution in [2.24, 2.45) is 0 Å². The molecule has 0 spiro atoms. The summed E-state index contributed by atoms with van der Waals surface area (Å²) < 4.78 is 0. The van der Waals surface area contributed by atoms with Crippen LogP contribution in [0.25, 0.3) is 0 Å². The first-order valence-electron chi connectivity index (χ1n) is 4.13. The second-order valence-corrected chi connectivity index (χ2v) is 2.62. The van der Waals surface area contributed by atoms with E-state index in [-0.39, 0.29) is 5.56 Å². The molecule has 0 unspecified atom stereocenters. The molecule has 70 valence electrons. The standard InChI is InChI=1S/C9H12N2O2/c1-2-10-6-8-4-3-7(5-11-8)9(12)13/h3-5,10H,2,6H2,1H3,(H,12,13). The lowest BCUT2D eigenvalue weighted by molar-refractivity contribution is 0.0696. The molecular formula is C9H12N2O2. The van der Waals surface area contributed by atoms with Gasteiger partial charge in [0.25, 0.3) is 0 Å². The van der Waals surface area contributed by atoms with Crippen LogP contribution in [0.5, 0.6) is 0 Å². The fraction of sp³-hybridized carbons (Fsp3) is 0.333. The smallest absolute Gasteiger partial charge is 0.337 e. The highest BCUT2D eigenvalue weighted by molar-refractivity contribution is 5.87. The van der Waals surface area contributed by atoms with E-state index in [9.17, 15) is 4.79 Å². The first kappa shape index (κ1) is 9.67. The van der Waals surface area contributed by atoms with Crippen molar-refractivity contribution >= 4 is 5.97 Å². The van der Waals surface area contributed by atoms with Gasteiger partial charge in [-0.25, -0.2) is 4.79 Å². The van der Waals surface area contributed by atoms with E-state index in [1.807, 2.05) is 6.92 Å². The molecule has 0 aliphatic heterocycles. The number of hydrogen-bond acceptors (Lipinski definition) is 3. The van der Waals surface area contributed by atoms with Crippen LogP contribution in [0.2, 0.25) is 0 Å². The van der Waals surface area contributed by atoms with Crippen LogP contribution in [0.3, 0.4) is 0 Å². The van der Waals surface area contributed by atoms with Crippen molar-refractivity contribution in [2.75, 3.05) is 6.54 Å². The van der Waals surface area contributed by atoms with Gasteiger partial charge in [-0.3, -0.25) is 4.98 Å². The molecule has 0 amide bonds. The summed E-state index contributed by atoms with van der Waals surface area (Å²) in [7, 11) is 0. The Morgan fingerprint density at radius 3 is 2.85 bits per heavy atom. The van der Waals surface area contributed by atoms with Gasteiger partial charge < -0.3 is 10.4 Å². The number of nitrogens with one attached hydrogen (secondary N) is 1. The maximum absolute atomic E-state index is 10.5. The molecule has 0 fully saturated rings. The minimum Gasteiger partial charge on any atom is -0.478 e. The van der Waals surface area contributed by atoms with Gasteiger partial charge in [0.05, 0.1) is 11.3 Å². The molecule has 0 aliphatic carbocycles. The minimum absolute atomic E-state index is 0.222. The minimum atomic E-state index is -0.942. The topological polar surface area (TPSA) is 62.2 Å². The molecule has 4 heteroatoms. The van der Waals surface area contributed by atoms with Crippen LogP contribution in [0.1, 0.15) is 23.0 Å². The number of rotatable bonds is 4. The summed E-state index contributed by atoms with van der Waals surface area (Å²) in [5.41, 5.74) is 1.08. The van der Waals surface area contributed by atoms with Crippen LogP contribution in [0.15, 0.2) is 18.3 Å². The molecule has 0 radical (unpaired) electrons. The van der Waals surface area contributed by atoms with Gasteiger partial charge >= 0.3 is 5.97 Å². The summed E-state index contributed by atoms with van der Waals surface area (Å²) in [5.74, 6) is -0.942. The van der Waals surface area contributed by atoms with Gasteiger partial charge in [0.2, 0.25) is 0 Å². The number of aromatic carboxylic acids is 1. The lowest BCUT2D eigenvalue weighted by atomic mass is 10.2. The maximum Gasteiger partial charge on any atom is 0.337 e. The van der Waals surface area contributed by atoms with Crippen molar-refractivity contribution in [3.8, 4) is 0 Å². The van der Waals surface area contributed by atoms with E-state index >= 15 is 0 Å². The Morgan fingerprint density at radius 2 is 2.38 bits per heavy atom. The third kappa shape index (κ3) is 2.83. The SMILES string of the molecule is CCNCc1ccc(C(=O)O)cn1. The van der Waals surface area contributed by atoms with E-state index < -0.39 is 5.97 Å². The molecule has 13 heavy (non-hydrogen) atoms. The van der Waals surface area contributed by atoms with E-state index in [1.54, 1.807) is 12.1 Å². The highest BCUT2D eigenvalue weighted by Gasteiger charge is 2.01. The Hall–Kier alpha value is -1.42. The second-order valence-electron chi connectivity index (χ2n) is 2.62. The normalized spacial score (nSPS) is 9.92. The lowest BCUT2D eigenvalue weighted by Gasteiger charge is -2.00. The van der Waals surface area contributed by atoms with Gasteiger partial charge in [-0.15, -0.1) is 0 Å². The highest BCUT2D eigenvalue weighted by Crippen LogP contribution is 1.99. The molecule has 0 atom stereocenters. The third-order valence-corrected chi connectivity index (χ3v) is 1.63. The largest absolute Gasteiger partial charge is 0.478 e. The summed E-state index contributed by atoms with van der Waals surface area (Å²) in [5, 5.41) is 11.7. The van der Waals surface area contributed by atoms with Crippen LogP contribution < -0.4 is 5.32 Å². The van der Waals surface area contributed by atoms with Crippen molar-refractivity contribution in [3.05, 3.63) is 29.6 Å². The Bertz CT molecular complexity index is 282. The molecule has 0 saturated carbocycles. The first-order chi connectivity index (χ1) is 6.24. The molecular weight excluding hydrogens is 168 g/mol. The lowest BCUT2D eigenvalue weighted by Crippen LogP contribution is -2.13. The molecule has 0 bridgehead atoms. The number of carbonyl (C=O) groups is 1. The summed E-state index contributed by atoms with van der Waals surface area (Å²) >= 11 is 0. The van der Waals surface area contributed by atoms with E-state index in [1.165, 1.54) is 6.20 Å². The van der Waals surface area contributed by atoms with Gasteiger partial charge in [-0.05, 0) is 18.7 Å². The van der Waals surface area contributed by atoms with E-state index in [0.29, 0.717) is 6.54 Å². The maximum atomic E-state index is 10.5. The monoisotopic (exact) mass is 180 g/mol. The molecule has 4 nitrogen and oxygen atoms in total. The van der Waals surface area contributed by atoms with Gasteiger partial charge in [-0.1, -0.05) is 6.92 Å². The number of aromatic nitrogens is 1. The number of nitrogens with zero attached hydrogens (tertiary/aromatic N) is 1. The zero-order chi connectivity index (χ0) is 9.68. The fourth-order valence-corrected chi connectivity index (χ4v) is 0.909. The zero-order valence-corrected chi connectivity index (χ0v) is 7.45. The Morgan fingerprint density at radius 1 is 1.62 bits per heavy atom. The molecule has 1 aromatic heterocycles. The molecule has 1 rings (SSSR count). The highest BCUT2D eigenvalue weighted by atomic mass is 16.4. The molecule has 1 aromatic rings. The predicted molar refractivity (Wildman–Crippen MR) is 48.6 cm³/mol. The quantitative estimate of drug-likeness (QED) is 0.722. The summed E-state index contributed by atoms with van der Waals surface area (Å²) in [6.45, 7) is 3.56. The number of carboxylic acids is 1. The summed E-state index contributed by atoms with van der Waals surface area (Å²) in [6.07, 6.45) is 1.37. The van der Waals surface area contributed by atoms with Crippen LogP contribution >= 0.6 is 0 Å². The van der Waals surface area contributed by atoms with Crippen molar-refractivity contribution in [3.63, 3.8) is 0 Å². The van der Waals surface area contributed by atoms with Crippen LogP contribution in [-0.4, -0.2) is 22.6 Å². The second kappa shape index (κ2) is 4.57. The molecule has 0 aromatic carbocycles. The predicted octanol–water partition coefficient (Wildman–Crippen LogP) is 0.889. The van der Waals surface area contributed by atoms with Crippen molar-refractivity contribution in [2.45, 2.75) is 13.5 Å². The van der Waals surface area contributed by atoms with Gasteiger partial charge in [0, 0.05) is 12.7 Å². The summed E-state index contributed by atoms with van der Waals surface area (Å²) in [6, 6.07) is 3.27. The number of carboxylic acid groups (broad SMARTS) is 1. The van der Waals surface area contributed by atoms with Crippen molar-refractivity contribution < 1.29 is 9.90 Å². The average molecular weight is 180 g/mol. The first-order valence-corrected chi connectivity index (χ1v) is 4.13. The Labute approximate surface area is 76.6 Å². The molecule has 0 aliphatic rings. The van der Waals surface area contributed by atoms with Crippen LogP contribution in [0, 0.1) is 0 Å². The van der Waals surface area contributed by atoms with Gasteiger partial charge in [0.15, 0.2) is 0 Å². The number of hydrogen-bond donors (Lipinski definition) is 2. The summed E-state index contributed by atoms with van der Waals surface area (Å²) in [4.78, 5) is 14.5. The average Bonchev–Trinajstić information content (AvgIpc) is 2.15. The van der Waals surface area contributed by atoms with Crippen LogP contribution in [-0.2, 0) is 6.54 Å². The van der Waals surface area contributed by atoms with Crippen molar-refractivity contribution in [1.82, 2.24) is 10.3 Å². The number of pyridine rings is 1. The fourth-order valence-electron chi connectivity index (χ4n) is 0.909. The van der Waals surface area contributed by atoms with Gasteiger partial charge in [0.1, 0.15) is 0 Å². The molecule has 2 N–H and O–H groups in total. The van der Waals surface area contributed by atoms with Crippen LogP contribution in [0.4, 0.5) is 0 Å². The van der Waals surface area contributed by atoms with E-state index in [4.69, 9.17) is 5.11 Å². The van der Waals surface area contributed by atoms with E-state index in [2.05, 4.69) is 10.3 Å². The molecule has 1 heterocycles. The zero-order valence-electron chi connectivity index (χ0n) is 7.45.